The SMILES string of the molecule is CCCC1Cc2c(cc(C(C)(C)C)c(OC)c2Br)C1=O. The highest BCUT2D eigenvalue weighted by molar-refractivity contribution is 9.10. The molecule has 1 aliphatic carbocycles. The van der Waals surface area contributed by atoms with Crippen molar-refractivity contribution in [1.29, 1.82) is 0 Å². The summed E-state index contributed by atoms with van der Waals surface area (Å²) in [5.41, 5.74) is 3.06. The number of carbonyl (C=O) groups excluding carboxylic acids is 1. The fraction of sp³-hybridized carbons (Fsp3) is 0.588. The zero-order chi connectivity index (χ0) is 15.1. The van der Waals surface area contributed by atoms with Gasteiger partial charge in [0.1, 0.15) is 5.75 Å². The smallest absolute Gasteiger partial charge is 0.166 e. The predicted molar refractivity (Wildman–Crippen MR) is 85.8 cm³/mol. The second-order valence-electron chi connectivity index (χ2n) is 6.60. The first-order valence-electron chi connectivity index (χ1n) is 7.25. The van der Waals surface area contributed by atoms with Gasteiger partial charge in [0.15, 0.2) is 5.78 Å². The fourth-order valence-electron chi connectivity index (χ4n) is 2.99. The van der Waals surface area contributed by atoms with Crippen LogP contribution in [0.1, 0.15) is 62.0 Å². The number of ketones is 1. The highest BCUT2D eigenvalue weighted by Gasteiger charge is 2.35. The van der Waals surface area contributed by atoms with E-state index >= 15 is 0 Å². The molecule has 0 bridgehead atoms. The lowest BCUT2D eigenvalue weighted by atomic mass is 9.84. The van der Waals surface area contributed by atoms with E-state index in [4.69, 9.17) is 4.74 Å². The van der Waals surface area contributed by atoms with Crippen LogP contribution in [0.4, 0.5) is 0 Å². The molecule has 1 aliphatic rings. The number of Topliss-reactive ketones (excluding diaryl/α,β-unsaturated/α-hetero) is 1. The summed E-state index contributed by atoms with van der Waals surface area (Å²) in [7, 11) is 1.70. The average molecular weight is 339 g/mol. The molecule has 0 aromatic heterocycles. The van der Waals surface area contributed by atoms with Crippen molar-refractivity contribution in [1.82, 2.24) is 0 Å². The topological polar surface area (TPSA) is 26.3 Å². The molecule has 0 fully saturated rings. The quantitative estimate of drug-likeness (QED) is 0.782. The summed E-state index contributed by atoms with van der Waals surface area (Å²) in [6, 6.07) is 2.05. The van der Waals surface area contributed by atoms with Crippen LogP contribution < -0.4 is 4.74 Å². The molecule has 0 amide bonds. The van der Waals surface area contributed by atoms with Gasteiger partial charge in [-0.15, -0.1) is 0 Å². The predicted octanol–water partition coefficient (Wildman–Crippen LogP) is 4.91. The molecule has 1 aromatic carbocycles. The van der Waals surface area contributed by atoms with E-state index in [1.54, 1.807) is 7.11 Å². The van der Waals surface area contributed by atoms with Crippen LogP contribution in [-0.4, -0.2) is 12.9 Å². The second-order valence-corrected chi connectivity index (χ2v) is 7.39. The fourth-order valence-corrected chi connectivity index (χ4v) is 3.74. The Morgan fingerprint density at radius 3 is 2.55 bits per heavy atom. The minimum Gasteiger partial charge on any atom is -0.495 e. The number of hydrogen-bond donors (Lipinski definition) is 0. The van der Waals surface area contributed by atoms with Crippen molar-refractivity contribution in [2.45, 2.75) is 52.4 Å². The molecular formula is C17H23BrO2. The Bertz CT molecular complexity index is 541. The third kappa shape index (κ3) is 2.52. The van der Waals surface area contributed by atoms with Crippen LogP contribution in [-0.2, 0) is 11.8 Å². The van der Waals surface area contributed by atoms with Crippen LogP contribution in [0.15, 0.2) is 10.5 Å². The van der Waals surface area contributed by atoms with Gasteiger partial charge in [-0.05, 0) is 45.8 Å². The lowest BCUT2D eigenvalue weighted by molar-refractivity contribution is 0.0930. The van der Waals surface area contributed by atoms with Crippen LogP contribution >= 0.6 is 15.9 Å². The first-order chi connectivity index (χ1) is 9.31. The lowest BCUT2D eigenvalue weighted by Crippen LogP contribution is -2.15. The molecule has 1 aromatic rings. The molecule has 0 radical (unpaired) electrons. The van der Waals surface area contributed by atoms with E-state index in [-0.39, 0.29) is 11.3 Å². The molecule has 0 heterocycles. The minimum atomic E-state index is -0.0496. The van der Waals surface area contributed by atoms with Crippen LogP contribution in [0.2, 0.25) is 0 Å². The molecule has 0 saturated heterocycles. The maximum atomic E-state index is 12.6. The maximum absolute atomic E-state index is 12.6. The summed E-state index contributed by atoms with van der Waals surface area (Å²) in [4.78, 5) is 12.6. The Morgan fingerprint density at radius 1 is 1.40 bits per heavy atom. The van der Waals surface area contributed by atoms with Crippen LogP contribution in [0.3, 0.4) is 0 Å². The summed E-state index contributed by atoms with van der Waals surface area (Å²) < 4.78 is 6.57. The molecule has 0 N–H and O–H groups in total. The third-order valence-corrected chi connectivity index (χ3v) is 4.90. The van der Waals surface area contributed by atoms with Gasteiger partial charge in [0.2, 0.25) is 0 Å². The lowest BCUT2D eigenvalue weighted by Gasteiger charge is -2.24. The Morgan fingerprint density at radius 2 is 2.05 bits per heavy atom. The van der Waals surface area contributed by atoms with Gasteiger partial charge in [-0.1, -0.05) is 34.1 Å². The van der Waals surface area contributed by atoms with Crippen LogP contribution in [0, 0.1) is 5.92 Å². The molecule has 0 aliphatic heterocycles. The number of methoxy groups -OCH3 is 1. The highest BCUT2D eigenvalue weighted by Crippen LogP contribution is 2.45. The zero-order valence-electron chi connectivity index (χ0n) is 13.0. The van der Waals surface area contributed by atoms with Crippen molar-refractivity contribution < 1.29 is 9.53 Å². The number of ether oxygens (including phenoxy) is 1. The number of hydrogen-bond acceptors (Lipinski definition) is 2. The van der Waals surface area contributed by atoms with Gasteiger partial charge in [0, 0.05) is 17.0 Å². The Hall–Kier alpha value is -0.830. The molecule has 20 heavy (non-hydrogen) atoms. The molecule has 1 unspecified atom stereocenters. The van der Waals surface area contributed by atoms with Crippen molar-refractivity contribution in [3.05, 3.63) is 27.2 Å². The van der Waals surface area contributed by atoms with Crippen molar-refractivity contribution in [3.63, 3.8) is 0 Å². The van der Waals surface area contributed by atoms with E-state index in [1.807, 2.05) is 0 Å². The largest absolute Gasteiger partial charge is 0.495 e. The van der Waals surface area contributed by atoms with Crippen molar-refractivity contribution >= 4 is 21.7 Å². The third-order valence-electron chi connectivity index (χ3n) is 4.06. The van der Waals surface area contributed by atoms with Crippen molar-refractivity contribution in [3.8, 4) is 5.75 Å². The molecule has 3 heteroatoms. The highest BCUT2D eigenvalue weighted by atomic mass is 79.9. The Kier molecular flexibility index (Phi) is 4.29. The normalized spacial score (nSPS) is 18.3. The molecule has 0 saturated carbocycles. The molecule has 110 valence electrons. The second kappa shape index (κ2) is 5.51. The Labute approximate surface area is 130 Å². The van der Waals surface area contributed by atoms with Gasteiger partial charge in [0.05, 0.1) is 11.6 Å². The maximum Gasteiger partial charge on any atom is 0.166 e. The molecular weight excluding hydrogens is 316 g/mol. The van der Waals surface area contributed by atoms with Gasteiger partial charge in [-0.25, -0.2) is 0 Å². The van der Waals surface area contributed by atoms with Crippen LogP contribution in [0.5, 0.6) is 5.75 Å². The summed E-state index contributed by atoms with van der Waals surface area (Å²) in [6.45, 7) is 8.57. The molecule has 1 atom stereocenters. The first-order valence-corrected chi connectivity index (χ1v) is 8.04. The summed E-state index contributed by atoms with van der Waals surface area (Å²) >= 11 is 3.66. The standard InChI is InChI=1S/C17H23BrO2/c1-6-7-10-8-11-12(15(10)19)9-13(17(2,3)4)16(20-5)14(11)18/h9-10H,6-8H2,1-5H3. The van der Waals surface area contributed by atoms with Gasteiger partial charge in [0.25, 0.3) is 0 Å². The number of carbonyl (C=O) groups is 1. The Balaban J connectivity index is 2.59. The van der Waals surface area contributed by atoms with E-state index < -0.39 is 0 Å². The molecule has 0 spiro atoms. The number of rotatable bonds is 3. The average Bonchev–Trinajstić information content (AvgIpc) is 2.67. The van der Waals surface area contributed by atoms with E-state index in [2.05, 4.69) is 49.7 Å². The number of halogens is 1. The minimum absolute atomic E-state index is 0.0496. The van der Waals surface area contributed by atoms with E-state index in [9.17, 15) is 4.79 Å². The van der Waals surface area contributed by atoms with Gasteiger partial charge in [-0.3, -0.25) is 4.79 Å². The summed E-state index contributed by atoms with van der Waals surface area (Å²) in [6.07, 6.45) is 2.85. The first kappa shape index (κ1) is 15.6. The van der Waals surface area contributed by atoms with Crippen molar-refractivity contribution in [2.24, 2.45) is 5.92 Å². The molecule has 2 rings (SSSR count). The number of benzene rings is 1. The van der Waals surface area contributed by atoms with E-state index in [0.29, 0.717) is 5.78 Å². The van der Waals surface area contributed by atoms with Crippen LogP contribution in [0.25, 0.3) is 0 Å². The zero-order valence-corrected chi connectivity index (χ0v) is 14.6. The van der Waals surface area contributed by atoms with Gasteiger partial charge >= 0.3 is 0 Å². The summed E-state index contributed by atoms with van der Waals surface area (Å²) in [5.74, 6) is 1.32. The number of fused-ring (bicyclic) bond motifs is 1. The van der Waals surface area contributed by atoms with E-state index in [1.165, 1.54) is 0 Å². The monoisotopic (exact) mass is 338 g/mol. The van der Waals surface area contributed by atoms with E-state index in [0.717, 1.165) is 46.2 Å². The summed E-state index contributed by atoms with van der Waals surface area (Å²) in [5, 5.41) is 0. The molecule has 2 nitrogen and oxygen atoms in total. The van der Waals surface area contributed by atoms with Gasteiger partial charge in [-0.2, -0.15) is 0 Å². The van der Waals surface area contributed by atoms with Gasteiger partial charge < -0.3 is 4.74 Å². The van der Waals surface area contributed by atoms with Crippen molar-refractivity contribution in [2.75, 3.05) is 7.11 Å².